The van der Waals surface area contributed by atoms with Crippen molar-refractivity contribution in [3.63, 3.8) is 0 Å². The van der Waals surface area contributed by atoms with Crippen molar-refractivity contribution in [3.8, 4) is 0 Å². The highest BCUT2D eigenvalue weighted by molar-refractivity contribution is 7.99. The third-order valence-electron chi connectivity index (χ3n) is 5.26. The summed E-state index contributed by atoms with van der Waals surface area (Å²) in [6.07, 6.45) is 1.74. The molecular formula is C25H29N5O2S. The van der Waals surface area contributed by atoms with Crippen LogP contribution in [0.15, 0.2) is 60.3 Å². The van der Waals surface area contributed by atoms with Gasteiger partial charge in [0, 0.05) is 17.8 Å². The number of rotatable bonds is 9. The van der Waals surface area contributed by atoms with Crippen molar-refractivity contribution in [2.75, 3.05) is 11.1 Å². The molecule has 0 bridgehead atoms. The normalized spacial score (nSPS) is 11.6. The van der Waals surface area contributed by atoms with Gasteiger partial charge in [-0.15, -0.1) is 16.8 Å². The average molecular weight is 464 g/mol. The molecule has 8 heteroatoms. The minimum absolute atomic E-state index is 0.118. The lowest BCUT2D eigenvalue weighted by atomic mass is 10.1. The molecule has 1 heterocycles. The van der Waals surface area contributed by atoms with E-state index in [-0.39, 0.29) is 23.6 Å². The van der Waals surface area contributed by atoms with E-state index in [4.69, 9.17) is 0 Å². The van der Waals surface area contributed by atoms with Crippen LogP contribution in [-0.4, -0.2) is 32.3 Å². The molecule has 1 atom stereocenters. The second kappa shape index (κ2) is 11.0. The second-order valence-electron chi connectivity index (χ2n) is 7.85. The molecule has 0 spiro atoms. The zero-order chi connectivity index (χ0) is 24.0. The summed E-state index contributed by atoms with van der Waals surface area (Å²) < 4.78 is 1.87. The van der Waals surface area contributed by atoms with Gasteiger partial charge in [0.25, 0.3) is 5.91 Å². The maximum atomic E-state index is 12.7. The Morgan fingerprint density at radius 3 is 2.39 bits per heavy atom. The van der Waals surface area contributed by atoms with Gasteiger partial charge in [-0.2, -0.15) is 0 Å². The van der Waals surface area contributed by atoms with Gasteiger partial charge in [0.05, 0.1) is 11.8 Å². The van der Waals surface area contributed by atoms with Crippen LogP contribution >= 0.6 is 11.8 Å². The summed E-state index contributed by atoms with van der Waals surface area (Å²) >= 11 is 1.30. The number of carbonyl (C=O) groups excluding carboxylic acids is 2. The molecule has 0 saturated heterocycles. The van der Waals surface area contributed by atoms with Crippen LogP contribution in [0.3, 0.4) is 0 Å². The Kier molecular flexibility index (Phi) is 8.06. The van der Waals surface area contributed by atoms with E-state index >= 15 is 0 Å². The van der Waals surface area contributed by atoms with Crippen LogP contribution < -0.4 is 10.6 Å². The predicted octanol–water partition coefficient (Wildman–Crippen LogP) is 4.61. The molecule has 0 aliphatic carbocycles. The number of nitrogens with zero attached hydrogens (tertiary/aromatic N) is 3. The number of thioether (sulfide) groups is 1. The molecular weight excluding hydrogens is 434 g/mol. The van der Waals surface area contributed by atoms with E-state index in [1.807, 2.05) is 68.7 Å². The third-order valence-corrected chi connectivity index (χ3v) is 6.23. The topological polar surface area (TPSA) is 88.9 Å². The van der Waals surface area contributed by atoms with E-state index in [0.29, 0.717) is 23.1 Å². The Hall–Kier alpha value is -3.39. The number of para-hydroxylation sites is 1. The molecule has 7 nitrogen and oxygen atoms in total. The highest BCUT2D eigenvalue weighted by atomic mass is 32.2. The van der Waals surface area contributed by atoms with Crippen LogP contribution in [0.1, 0.15) is 45.8 Å². The molecule has 1 aromatic heterocycles. The van der Waals surface area contributed by atoms with Gasteiger partial charge in [-0.25, -0.2) is 0 Å². The number of carbonyl (C=O) groups is 2. The van der Waals surface area contributed by atoms with Crippen molar-refractivity contribution in [1.82, 2.24) is 20.1 Å². The maximum absolute atomic E-state index is 12.7. The molecule has 3 rings (SSSR count). The SMILES string of the molecule is C=CCn1c(SCC(=O)Nc2c(C)cccc2C)nnc1[C@@H](C)NC(=O)c1ccccc1C. The predicted molar refractivity (Wildman–Crippen MR) is 133 cm³/mol. The van der Waals surface area contributed by atoms with Crippen molar-refractivity contribution in [1.29, 1.82) is 0 Å². The largest absolute Gasteiger partial charge is 0.342 e. The molecule has 172 valence electrons. The lowest BCUT2D eigenvalue weighted by Crippen LogP contribution is -2.29. The Bertz CT molecular complexity index is 1150. The van der Waals surface area contributed by atoms with Crippen molar-refractivity contribution >= 4 is 29.3 Å². The van der Waals surface area contributed by atoms with E-state index < -0.39 is 0 Å². The monoisotopic (exact) mass is 463 g/mol. The molecule has 0 saturated carbocycles. The number of benzene rings is 2. The molecule has 0 fully saturated rings. The Balaban J connectivity index is 1.69. The smallest absolute Gasteiger partial charge is 0.252 e. The van der Waals surface area contributed by atoms with Crippen LogP contribution in [-0.2, 0) is 11.3 Å². The van der Waals surface area contributed by atoms with E-state index in [1.165, 1.54) is 11.8 Å². The quantitative estimate of drug-likeness (QED) is 0.357. The highest BCUT2D eigenvalue weighted by Gasteiger charge is 2.21. The van der Waals surface area contributed by atoms with Crippen molar-refractivity contribution in [3.05, 3.63) is 83.2 Å². The van der Waals surface area contributed by atoms with Gasteiger partial charge in [-0.3, -0.25) is 9.59 Å². The summed E-state index contributed by atoms with van der Waals surface area (Å²) in [5.74, 6) is 0.505. The summed E-state index contributed by atoms with van der Waals surface area (Å²) in [6.45, 7) is 12.0. The molecule has 0 aliphatic heterocycles. The number of hydrogen-bond acceptors (Lipinski definition) is 5. The van der Waals surface area contributed by atoms with Crippen LogP contribution in [0.2, 0.25) is 0 Å². The van der Waals surface area contributed by atoms with E-state index in [1.54, 1.807) is 12.1 Å². The van der Waals surface area contributed by atoms with Crippen LogP contribution in [0.4, 0.5) is 5.69 Å². The highest BCUT2D eigenvalue weighted by Crippen LogP contribution is 2.23. The van der Waals surface area contributed by atoms with Crippen molar-refractivity contribution in [2.24, 2.45) is 0 Å². The molecule has 2 N–H and O–H groups in total. The summed E-state index contributed by atoms with van der Waals surface area (Å²) in [6, 6.07) is 13.0. The van der Waals surface area contributed by atoms with Crippen LogP contribution in [0.25, 0.3) is 0 Å². The summed E-state index contributed by atoms with van der Waals surface area (Å²) in [7, 11) is 0. The zero-order valence-corrected chi connectivity index (χ0v) is 20.2. The lowest BCUT2D eigenvalue weighted by Gasteiger charge is -2.16. The van der Waals surface area contributed by atoms with Gasteiger partial charge in [0.1, 0.15) is 0 Å². The van der Waals surface area contributed by atoms with Gasteiger partial charge in [0.2, 0.25) is 5.91 Å². The number of aromatic nitrogens is 3. The summed E-state index contributed by atoms with van der Waals surface area (Å²) in [5, 5.41) is 15.1. The van der Waals surface area contributed by atoms with Crippen LogP contribution in [0, 0.1) is 20.8 Å². The molecule has 2 aromatic carbocycles. The fourth-order valence-electron chi connectivity index (χ4n) is 3.51. The first-order chi connectivity index (χ1) is 15.8. The zero-order valence-electron chi connectivity index (χ0n) is 19.4. The second-order valence-corrected chi connectivity index (χ2v) is 8.80. The van der Waals surface area contributed by atoms with E-state index in [9.17, 15) is 9.59 Å². The fraction of sp³-hybridized carbons (Fsp3) is 0.280. The first-order valence-electron chi connectivity index (χ1n) is 10.7. The number of amides is 2. The van der Waals surface area contributed by atoms with Crippen molar-refractivity contribution in [2.45, 2.75) is 45.4 Å². The van der Waals surface area contributed by atoms with Gasteiger partial charge in [0.15, 0.2) is 11.0 Å². The third kappa shape index (κ3) is 5.90. The van der Waals surface area contributed by atoms with Gasteiger partial charge in [-0.1, -0.05) is 54.2 Å². The number of nitrogens with one attached hydrogen (secondary N) is 2. The van der Waals surface area contributed by atoms with Crippen LogP contribution in [0.5, 0.6) is 0 Å². The van der Waals surface area contributed by atoms with E-state index in [2.05, 4.69) is 27.4 Å². The van der Waals surface area contributed by atoms with Gasteiger partial charge >= 0.3 is 0 Å². The molecule has 0 radical (unpaired) electrons. The van der Waals surface area contributed by atoms with E-state index in [0.717, 1.165) is 22.4 Å². The minimum Gasteiger partial charge on any atom is -0.342 e. The maximum Gasteiger partial charge on any atom is 0.252 e. The number of allylic oxidation sites excluding steroid dienone is 1. The first kappa shape index (κ1) is 24.3. The van der Waals surface area contributed by atoms with Gasteiger partial charge in [-0.05, 0) is 50.5 Å². The first-order valence-corrected chi connectivity index (χ1v) is 11.7. The molecule has 3 aromatic rings. The number of aryl methyl sites for hydroxylation is 3. The fourth-order valence-corrected chi connectivity index (χ4v) is 4.27. The average Bonchev–Trinajstić information content (AvgIpc) is 3.18. The Morgan fingerprint density at radius 1 is 1.06 bits per heavy atom. The number of anilines is 1. The van der Waals surface area contributed by atoms with Gasteiger partial charge < -0.3 is 15.2 Å². The molecule has 2 amide bonds. The lowest BCUT2D eigenvalue weighted by molar-refractivity contribution is -0.113. The minimum atomic E-state index is -0.373. The number of hydrogen-bond donors (Lipinski definition) is 2. The summed E-state index contributed by atoms with van der Waals surface area (Å²) in [4.78, 5) is 25.3. The summed E-state index contributed by atoms with van der Waals surface area (Å²) in [5.41, 5.74) is 4.40. The Morgan fingerprint density at radius 2 is 1.73 bits per heavy atom. The van der Waals surface area contributed by atoms with Crippen molar-refractivity contribution < 1.29 is 9.59 Å². The molecule has 0 aliphatic rings. The Labute approximate surface area is 198 Å². The molecule has 0 unspecified atom stereocenters. The standard InChI is InChI=1S/C25H29N5O2S/c1-6-14-30-23(19(5)26-24(32)20-13-8-7-10-16(20)2)28-29-25(30)33-15-21(31)27-22-17(3)11-9-12-18(22)4/h6-13,19H,1,14-15H2,2-5H3,(H,26,32)(H,27,31)/t19-/m1/s1. The molecule has 33 heavy (non-hydrogen) atoms.